The Kier molecular flexibility index (Phi) is 8.24. The molecule has 2 aromatic carbocycles. The van der Waals surface area contributed by atoms with Crippen LogP contribution in [0.4, 0.5) is 5.69 Å². The van der Waals surface area contributed by atoms with Crippen molar-refractivity contribution in [1.29, 1.82) is 0 Å². The Morgan fingerprint density at radius 3 is 2.50 bits per heavy atom. The highest BCUT2D eigenvalue weighted by Gasteiger charge is 2.31. The van der Waals surface area contributed by atoms with Crippen molar-refractivity contribution in [3.05, 3.63) is 69.0 Å². The highest BCUT2D eigenvalue weighted by molar-refractivity contribution is 9.10. The maximum absolute atomic E-state index is 12.7. The van der Waals surface area contributed by atoms with Gasteiger partial charge in [-0.2, -0.15) is 0 Å². The summed E-state index contributed by atoms with van der Waals surface area (Å²) in [5.41, 5.74) is 2.95. The summed E-state index contributed by atoms with van der Waals surface area (Å²) in [5.74, 6) is -0.0214. The average molecular weight is 503 g/mol. The number of amides is 2. The zero-order valence-corrected chi connectivity index (χ0v) is 19.9. The second-order valence-corrected chi connectivity index (χ2v) is 9.70. The van der Waals surface area contributed by atoms with Gasteiger partial charge >= 0.3 is 0 Å². The Morgan fingerprint density at radius 1 is 1.10 bits per heavy atom. The molecule has 1 aliphatic heterocycles. The number of unbranched alkanes of at least 4 members (excludes halogenated alkanes) is 2. The topological polar surface area (TPSA) is 49.4 Å². The summed E-state index contributed by atoms with van der Waals surface area (Å²) in [6.45, 7) is 2.60. The fourth-order valence-electron chi connectivity index (χ4n) is 3.00. The first-order valence-electron chi connectivity index (χ1n) is 9.80. The van der Waals surface area contributed by atoms with E-state index in [-0.39, 0.29) is 11.8 Å². The van der Waals surface area contributed by atoms with Crippen molar-refractivity contribution in [2.24, 2.45) is 0 Å². The SMILES string of the molecule is Cc1ccc(NC(=O)CCCCCN2C(=O)/C(=C/c3ccc(Br)cc3)SC2=S)cc1. The van der Waals surface area contributed by atoms with Gasteiger partial charge in [-0.15, -0.1) is 0 Å². The Hall–Kier alpha value is -1.96. The fourth-order valence-corrected chi connectivity index (χ4v) is 4.57. The maximum Gasteiger partial charge on any atom is 0.266 e. The quantitative estimate of drug-likeness (QED) is 0.266. The first-order valence-corrected chi connectivity index (χ1v) is 11.8. The van der Waals surface area contributed by atoms with Crippen LogP contribution in [0.15, 0.2) is 57.9 Å². The third-order valence-electron chi connectivity index (χ3n) is 4.66. The van der Waals surface area contributed by atoms with Gasteiger partial charge in [0.2, 0.25) is 5.91 Å². The lowest BCUT2D eigenvalue weighted by Crippen LogP contribution is -2.29. The molecule has 0 aliphatic carbocycles. The number of hydrogen-bond acceptors (Lipinski definition) is 4. The molecule has 1 aliphatic rings. The lowest BCUT2D eigenvalue weighted by Gasteiger charge is -2.14. The molecule has 1 heterocycles. The largest absolute Gasteiger partial charge is 0.326 e. The number of carbonyl (C=O) groups is 2. The van der Waals surface area contributed by atoms with Crippen LogP contribution in [-0.4, -0.2) is 27.6 Å². The fraction of sp³-hybridized carbons (Fsp3) is 0.261. The van der Waals surface area contributed by atoms with Gasteiger partial charge in [0.05, 0.1) is 4.91 Å². The van der Waals surface area contributed by atoms with Gasteiger partial charge in [0.25, 0.3) is 5.91 Å². The minimum atomic E-state index is -0.0370. The van der Waals surface area contributed by atoms with Crippen LogP contribution in [0.25, 0.3) is 6.08 Å². The molecule has 2 aromatic rings. The van der Waals surface area contributed by atoms with Crippen LogP contribution in [0.1, 0.15) is 36.8 Å². The van der Waals surface area contributed by atoms with E-state index in [0.29, 0.717) is 22.2 Å². The monoisotopic (exact) mass is 502 g/mol. The first-order chi connectivity index (χ1) is 14.4. The Labute approximate surface area is 195 Å². The number of anilines is 1. The highest BCUT2D eigenvalue weighted by Crippen LogP contribution is 2.33. The van der Waals surface area contributed by atoms with Crippen LogP contribution in [-0.2, 0) is 9.59 Å². The van der Waals surface area contributed by atoms with Crippen LogP contribution in [0.2, 0.25) is 0 Å². The van der Waals surface area contributed by atoms with Crippen LogP contribution >= 0.6 is 39.9 Å². The van der Waals surface area contributed by atoms with E-state index in [0.717, 1.165) is 40.5 Å². The van der Waals surface area contributed by atoms with E-state index in [1.54, 1.807) is 4.90 Å². The molecule has 1 saturated heterocycles. The molecule has 156 valence electrons. The minimum absolute atomic E-state index is 0.0156. The Balaban J connectivity index is 1.40. The lowest BCUT2D eigenvalue weighted by molar-refractivity contribution is -0.122. The molecule has 2 amide bonds. The van der Waals surface area contributed by atoms with Crippen LogP contribution in [0.3, 0.4) is 0 Å². The van der Waals surface area contributed by atoms with Crippen molar-refractivity contribution in [2.75, 3.05) is 11.9 Å². The van der Waals surface area contributed by atoms with Crippen LogP contribution in [0.5, 0.6) is 0 Å². The molecule has 30 heavy (non-hydrogen) atoms. The van der Waals surface area contributed by atoms with Gasteiger partial charge in [-0.25, -0.2) is 0 Å². The van der Waals surface area contributed by atoms with Gasteiger partial charge in [-0.3, -0.25) is 14.5 Å². The number of hydrogen-bond donors (Lipinski definition) is 1. The molecule has 0 saturated carbocycles. The molecule has 0 unspecified atom stereocenters. The molecule has 3 rings (SSSR count). The van der Waals surface area contributed by atoms with Crippen molar-refractivity contribution in [3.63, 3.8) is 0 Å². The number of nitrogens with one attached hydrogen (secondary N) is 1. The summed E-state index contributed by atoms with van der Waals surface area (Å²) in [6, 6.07) is 15.6. The third-order valence-corrected chi connectivity index (χ3v) is 6.57. The molecule has 0 bridgehead atoms. The van der Waals surface area contributed by atoms with Crippen molar-refractivity contribution in [3.8, 4) is 0 Å². The molecule has 0 aromatic heterocycles. The molecule has 7 heteroatoms. The van der Waals surface area contributed by atoms with E-state index in [1.807, 2.05) is 61.5 Å². The lowest BCUT2D eigenvalue weighted by atomic mass is 10.1. The van der Waals surface area contributed by atoms with Gasteiger partial charge in [0.15, 0.2) is 0 Å². The number of halogens is 1. The minimum Gasteiger partial charge on any atom is -0.326 e. The third kappa shape index (κ3) is 6.52. The average Bonchev–Trinajstić information content (AvgIpc) is 2.98. The van der Waals surface area contributed by atoms with Crippen molar-refractivity contribution in [2.45, 2.75) is 32.6 Å². The Morgan fingerprint density at radius 2 is 1.80 bits per heavy atom. The molecule has 0 spiro atoms. The standard InChI is InChI=1S/C23H23BrN2O2S2/c1-16-6-12-19(13-7-16)25-21(27)5-3-2-4-14-26-22(28)20(30-23(26)29)15-17-8-10-18(24)11-9-17/h6-13,15H,2-5,14H2,1H3,(H,25,27)/b20-15-. The van der Waals surface area contributed by atoms with Crippen molar-refractivity contribution in [1.82, 2.24) is 4.90 Å². The van der Waals surface area contributed by atoms with E-state index in [4.69, 9.17) is 12.2 Å². The maximum atomic E-state index is 12.7. The van der Waals surface area contributed by atoms with E-state index >= 15 is 0 Å². The first kappa shape index (κ1) is 22.7. The summed E-state index contributed by atoms with van der Waals surface area (Å²) in [7, 11) is 0. The number of aryl methyl sites for hydroxylation is 1. The summed E-state index contributed by atoms with van der Waals surface area (Å²) in [6.07, 6.45) is 4.80. The van der Waals surface area contributed by atoms with Gasteiger partial charge in [0.1, 0.15) is 4.32 Å². The van der Waals surface area contributed by atoms with Crippen molar-refractivity contribution < 1.29 is 9.59 Å². The second kappa shape index (κ2) is 10.9. The van der Waals surface area contributed by atoms with E-state index in [2.05, 4.69) is 21.2 Å². The number of benzene rings is 2. The number of thioether (sulfide) groups is 1. The predicted octanol–water partition coefficient (Wildman–Crippen LogP) is 6.16. The van der Waals surface area contributed by atoms with Gasteiger partial charge in [-0.1, -0.05) is 76.2 Å². The second-order valence-electron chi connectivity index (χ2n) is 7.11. The van der Waals surface area contributed by atoms with E-state index in [9.17, 15) is 9.59 Å². The number of thiocarbonyl (C=S) groups is 1. The van der Waals surface area contributed by atoms with E-state index < -0.39 is 0 Å². The molecule has 1 N–H and O–H groups in total. The molecule has 4 nitrogen and oxygen atoms in total. The van der Waals surface area contributed by atoms with Crippen LogP contribution < -0.4 is 5.32 Å². The summed E-state index contributed by atoms with van der Waals surface area (Å²) in [5, 5.41) is 2.91. The van der Waals surface area contributed by atoms with E-state index in [1.165, 1.54) is 11.8 Å². The van der Waals surface area contributed by atoms with Crippen LogP contribution in [0, 0.1) is 6.92 Å². The number of carbonyl (C=O) groups excluding carboxylic acids is 2. The summed E-state index contributed by atoms with van der Waals surface area (Å²) in [4.78, 5) is 27.0. The highest BCUT2D eigenvalue weighted by atomic mass is 79.9. The van der Waals surface area contributed by atoms with Gasteiger partial charge in [-0.05, 0) is 55.7 Å². The zero-order valence-electron chi connectivity index (χ0n) is 16.7. The van der Waals surface area contributed by atoms with Gasteiger partial charge in [0, 0.05) is 23.1 Å². The Bertz CT molecular complexity index is 956. The molecule has 1 fully saturated rings. The molecule has 0 atom stereocenters. The molecule has 0 radical (unpaired) electrons. The smallest absolute Gasteiger partial charge is 0.266 e. The molecular formula is C23H23BrN2O2S2. The zero-order chi connectivity index (χ0) is 21.5. The summed E-state index contributed by atoms with van der Waals surface area (Å²) < 4.78 is 1.60. The molecular weight excluding hydrogens is 480 g/mol. The number of rotatable bonds is 8. The summed E-state index contributed by atoms with van der Waals surface area (Å²) >= 11 is 10.1. The normalized spacial score (nSPS) is 15.1. The predicted molar refractivity (Wildman–Crippen MR) is 132 cm³/mol. The number of nitrogens with zero attached hydrogens (tertiary/aromatic N) is 1. The van der Waals surface area contributed by atoms with Gasteiger partial charge < -0.3 is 5.32 Å². The van der Waals surface area contributed by atoms with Crippen molar-refractivity contribution >= 4 is 67.8 Å².